The molecular weight excluding hydrogens is 491 g/mol. The molecule has 5 aromatic rings. The lowest BCUT2D eigenvalue weighted by Gasteiger charge is -2.23. The van der Waals surface area contributed by atoms with Crippen LogP contribution < -0.4 is 9.47 Å². The van der Waals surface area contributed by atoms with Crippen LogP contribution in [0.25, 0.3) is 39.3 Å². The average Bonchev–Trinajstić information content (AvgIpc) is 3.30. The molecule has 0 N–H and O–H groups in total. The van der Waals surface area contributed by atoms with Gasteiger partial charge in [-0.3, -0.25) is 4.98 Å². The number of nitrogens with zero attached hydrogens (tertiary/aromatic N) is 4. The summed E-state index contributed by atoms with van der Waals surface area (Å²) in [5, 5.41) is 5.12. The summed E-state index contributed by atoms with van der Waals surface area (Å²) < 4.78 is 28.6. The fraction of sp³-hybridized carbons (Fsp3) is 0.281. The summed E-state index contributed by atoms with van der Waals surface area (Å²) in [5.74, 6) is 0.828. The summed E-state index contributed by atoms with van der Waals surface area (Å²) >= 11 is 0. The minimum atomic E-state index is -0.322. The van der Waals surface area contributed by atoms with E-state index in [0.717, 1.165) is 92.2 Å². The van der Waals surface area contributed by atoms with Gasteiger partial charge < -0.3 is 9.47 Å². The van der Waals surface area contributed by atoms with Gasteiger partial charge in [-0.15, -0.1) is 0 Å². The van der Waals surface area contributed by atoms with Crippen molar-refractivity contribution in [2.45, 2.75) is 47.0 Å². The van der Waals surface area contributed by atoms with E-state index in [1.807, 2.05) is 42.8 Å². The first-order valence-corrected chi connectivity index (χ1v) is 13.4. The Kier molecular flexibility index (Phi) is 6.29. The number of methoxy groups -OCH3 is 1. The Balaban J connectivity index is 1.59. The summed E-state index contributed by atoms with van der Waals surface area (Å²) in [5.41, 5.74) is 11.1. The van der Waals surface area contributed by atoms with Gasteiger partial charge in [0.1, 0.15) is 5.75 Å². The summed E-state index contributed by atoms with van der Waals surface area (Å²) in [7, 11) is 1.66. The molecule has 0 atom stereocenters. The highest BCUT2D eigenvalue weighted by Gasteiger charge is 2.26. The Morgan fingerprint density at radius 1 is 1.05 bits per heavy atom. The van der Waals surface area contributed by atoms with E-state index in [2.05, 4.69) is 31.0 Å². The van der Waals surface area contributed by atoms with Crippen LogP contribution in [-0.2, 0) is 12.8 Å². The van der Waals surface area contributed by atoms with Crippen molar-refractivity contribution in [3.63, 3.8) is 0 Å². The fourth-order valence-corrected chi connectivity index (χ4v) is 5.79. The minimum Gasteiger partial charge on any atom is -0.496 e. The van der Waals surface area contributed by atoms with E-state index in [9.17, 15) is 0 Å². The molecule has 1 aliphatic rings. The number of benzene rings is 2. The topological polar surface area (TPSA) is 61.5 Å². The Hall–Kier alpha value is -4.26. The molecule has 198 valence electrons. The van der Waals surface area contributed by atoms with Crippen molar-refractivity contribution in [3.8, 4) is 45.1 Å². The van der Waals surface area contributed by atoms with Gasteiger partial charge in [-0.1, -0.05) is 25.1 Å². The fourth-order valence-electron chi connectivity index (χ4n) is 5.79. The Morgan fingerprint density at radius 2 is 1.87 bits per heavy atom. The second-order valence-electron chi connectivity index (χ2n) is 10.0. The normalized spacial score (nSPS) is 12.9. The number of halogens is 1. The first kappa shape index (κ1) is 25.0. The molecule has 6 rings (SSSR count). The van der Waals surface area contributed by atoms with Crippen LogP contribution >= 0.6 is 0 Å². The molecular formula is C32H31FN4O2. The number of hydrogen-bond donors (Lipinski definition) is 0. The molecule has 4 heterocycles. The smallest absolute Gasteiger partial charge is 0.166 e. The molecule has 0 unspecified atom stereocenters. The van der Waals surface area contributed by atoms with Crippen LogP contribution in [0.15, 0.2) is 48.8 Å². The second-order valence-corrected chi connectivity index (χ2v) is 10.0. The van der Waals surface area contributed by atoms with E-state index >= 15 is 4.39 Å². The van der Waals surface area contributed by atoms with Gasteiger partial charge in [0.25, 0.3) is 0 Å². The van der Waals surface area contributed by atoms with E-state index in [0.29, 0.717) is 12.4 Å². The Morgan fingerprint density at radius 3 is 2.67 bits per heavy atom. The van der Waals surface area contributed by atoms with Gasteiger partial charge in [0.15, 0.2) is 17.2 Å². The van der Waals surface area contributed by atoms with Crippen LogP contribution in [0.5, 0.6) is 11.5 Å². The van der Waals surface area contributed by atoms with Crippen molar-refractivity contribution in [1.82, 2.24) is 19.6 Å². The summed E-state index contributed by atoms with van der Waals surface area (Å²) in [6.45, 7) is 8.79. The van der Waals surface area contributed by atoms with Crippen molar-refractivity contribution < 1.29 is 13.9 Å². The number of fused-ring (bicyclic) bond motifs is 2. The number of ether oxygens (including phenoxy) is 2. The number of aromatic nitrogens is 4. The molecule has 0 radical (unpaired) electrons. The summed E-state index contributed by atoms with van der Waals surface area (Å²) in [6.07, 6.45) is 5.96. The molecule has 0 spiro atoms. The molecule has 3 aromatic heterocycles. The van der Waals surface area contributed by atoms with Crippen molar-refractivity contribution in [1.29, 1.82) is 0 Å². The zero-order chi connectivity index (χ0) is 27.3. The van der Waals surface area contributed by atoms with Crippen molar-refractivity contribution in [3.05, 3.63) is 82.6 Å². The number of hydrogen-bond acceptors (Lipinski definition) is 5. The quantitative estimate of drug-likeness (QED) is 0.247. The number of pyridine rings is 1. The largest absolute Gasteiger partial charge is 0.496 e. The van der Waals surface area contributed by atoms with E-state index in [1.54, 1.807) is 19.4 Å². The highest BCUT2D eigenvalue weighted by Crippen LogP contribution is 2.40. The lowest BCUT2D eigenvalue weighted by atomic mass is 9.92. The Labute approximate surface area is 227 Å². The lowest BCUT2D eigenvalue weighted by Crippen LogP contribution is -2.13. The maximum absolute atomic E-state index is 15.4. The third kappa shape index (κ3) is 4.04. The molecule has 39 heavy (non-hydrogen) atoms. The van der Waals surface area contributed by atoms with Crippen LogP contribution in [-0.4, -0.2) is 33.3 Å². The molecule has 0 bridgehead atoms. The van der Waals surface area contributed by atoms with Gasteiger partial charge in [-0.2, -0.15) is 5.10 Å². The molecule has 7 heteroatoms. The molecule has 0 fully saturated rings. The molecule has 1 aliphatic heterocycles. The lowest BCUT2D eigenvalue weighted by molar-refractivity contribution is 0.273. The predicted molar refractivity (Wildman–Crippen MR) is 151 cm³/mol. The zero-order valence-electron chi connectivity index (χ0n) is 22.9. The molecule has 0 saturated carbocycles. The van der Waals surface area contributed by atoms with Gasteiger partial charge in [0, 0.05) is 45.9 Å². The highest BCUT2D eigenvalue weighted by atomic mass is 19.1. The maximum Gasteiger partial charge on any atom is 0.166 e. The molecule has 6 nitrogen and oxygen atoms in total. The monoisotopic (exact) mass is 522 g/mol. The number of aryl methyl sites for hydroxylation is 2. The van der Waals surface area contributed by atoms with Gasteiger partial charge in [-0.05, 0) is 74.9 Å². The van der Waals surface area contributed by atoms with Crippen molar-refractivity contribution in [2.75, 3.05) is 13.7 Å². The van der Waals surface area contributed by atoms with Gasteiger partial charge in [0.2, 0.25) is 0 Å². The summed E-state index contributed by atoms with van der Waals surface area (Å²) in [6, 6.07) is 11.7. The van der Waals surface area contributed by atoms with Gasteiger partial charge in [0.05, 0.1) is 25.1 Å². The second kappa shape index (κ2) is 9.80. The van der Waals surface area contributed by atoms with Crippen molar-refractivity contribution >= 4 is 5.65 Å². The predicted octanol–water partition coefficient (Wildman–Crippen LogP) is 7.09. The van der Waals surface area contributed by atoms with Crippen molar-refractivity contribution in [2.24, 2.45) is 0 Å². The highest BCUT2D eigenvalue weighted by molar-refractivity contribution is 5.80. The molecule has 0 amide bonds. The zero-order valence-corrected chi connectivity index (χ0v) is 22.9. The van der Waals surface area contributed by atoms with Gasteiger partial charge in [-0.25, -0.2) is 13.9 Å². The van der Waals surface area contributed by atoms with E-state index in [4.69, 9.17) is 19.6 Å². The molecule has 2 aromatic carbocycles. The third-order valence-electron chi connectivity index (χ3n) is 7.79. The summed E-state index contributed by atoms with van der Waals surface area (Å²) in [4.78, 5) is 9.27. The van der Waals surface area contributed by atoms with Crippen LogP contribution in [0.1, 0.15) is 41.3 Å². The third-order valence-corrected chi connectivity index (χ3v) is 7.79. The standard InChI is InChI=1S/C32H31FN4O2/c1-6-23-20(4)35-32-19(3)29(22-10-7-9-21(15-22)26-17-34-13-12-28(26)38-5)36-37(32)30(23)25-16-27(33)31-24(18(25)2)11-8-14-39-31/h7,9-10,12-13,15-17H,6,8,11,14H2,1-5H3. The molecule has 0 aliphatic carbocycles. The Bertz CT molecular complexity index is 1740. The van der Waals surface area contributed by atoms with E-state index in [1.165, 1.54) is 0 Å². The van der Waals surface area contributed by atoms with E-state index in [-0.39, 0.29) is 5.82 Å². The SMILES string of the molecule is CCc1c(C)nc2c(C)c(-c3cccc(-c4cnccc4OC)c3)nn2c1-c1cc(F)c2c(c1C)CCCO2. The minimum absolute atomic E-state index is 0.322. The van der Waals surface area contributed by atoms with E-state index < -0.39 is 0 Å². The van der Waals surface area contributed by atoms with Crippen LogP contribution in [0.3, 0.4) is 0 Å². The first-order chi connectivity index (χ1) is 18.9. The maximum atomic E-state index is 15.4. The average molecular weight is 523 g/mol. The van der Waals surface area contributed by atoms with Crippen LogP contribution in [0, 0.1) is 26.6 Å². The van der Waals surface area contributed by atoms with Gasteiger partial charge >= 0.3 is 0 Å². The van der Waals surface area contributed by atoms with Crippen LogP contribution in [0.2, 0.25) is 0 Å². The number of rotatable bonds is 5. The van der Waals surface area contributed by atoms with Crippen LogP contribution in [0.4, 0.5) is 4.39 Å². The molecule has 0 saturated heterocycles. The first-order valence-electron chi connectivity index (χ1n) is 13.4.